The summed E-state index contributed by atoms with van der Waals surface area (Å²) < 4.78 is 0. The number of nitro groups is 1. The standard InChI is InChI=1S/C14H20N4O2S/c19-18(20)14-2-1-13(11-15-14)16-5-3-12(4-6-16)17-7-9-21-10-8-17/h1-2,11-12H,3-10H2. The predicted octanol–water partition coefficient (Wildman–Crippen LogP) is 2.01. The molecule has 114 valence electrons. The van der Waals surface area contributed by atoms with Gasteiger partial charge in [0.05, 0.1) is 5.69 Å². The van der Waals surface area contributed by atoms with E-state index in [1.165, 1.54) is 43.5 Å². The fraction of sp³-hybridized carbons (Fsp3) is 0.643. The topological polar surface area (TPSA) is 62.5 Å². The molecule has 0 radical (unpaired) electrons. The van der Waals surface area contributed by atoms with E-state index in [0.29, 0.717) is 6.04 Å². The van der Waals surface area contributed by atoms with Gasteiger partial charge in [0.2, 0.25) is 0 Å². The van der Waals surface area contributed by atoms with Crippen LogP contribution in [0.15, 0.2) is 18.3 Å². The summed E-state index contributed by atoms with van der Waals surface area (Å²) in [6.07, 6.45) is 3.96. The van der Waals surface area contributed by atoms with Crippen LogP contribution in [0.3, 0.4) is 0 Å². The zero-order valence-electron chi connectivity index (χ0n) is 12.0. The molecule has 2 fully saturated rings. The number of nitrogens with zero attached hydrogens (tertiary/aromatic N) is 4. The van der Waals surface area contributed by atoms with E-state index in [2.05, 4.69) is 14.8 Å². The maximum Gasteiger partial charge on any atom is 0.363 e. The minimum absolute atomic E-state index is 0.0838. The molecule has 2 aliphatic rings. The van der Waals surface area contributed by atoms with Gasteiger partial charge in [-0.3, -0.25) is 4.90 Å². The molecule has 0 aromatic carbocycles. The van der Waals surface area contributed by atoms with E-state index in [-0.39, 0.29) is 5.82 Å². The van der Waals surface area contributed by atoms with Crippen LogP contribution in [0.4, 0.5) is 11.5 Å². The highest BCUT2D eigenvalue weighted by Crippen LogP contribution is 2.24. The van der Waals surface area contributed by atoms with Crippen LogP contribution in [0.5, 0.6) is 0 Å². The van der Waals surface area contributed by atoms with Crippen LogP contribution < -0.4 is 4.90 Å². The summed E-state index contributed by atoms with van der Waals surface area (Å²) >= 11 is 2.05. The molecule has 0 unspecified atom stereocenters. The van der Waals surface area contributed by atoms with Gasteiger partial charge in [0.15, 0.2) is 6.20 Å². The lowest BCUT2D eigenvalue weighted by atomic mass is 10.0. The van der Waals surface area contributed by atoms with Crippen LogP contribution >= 0.6 is 11.8 Å². The fourth-order valence-electron chi connectivity index (χ4n) is 3.11. The summed E-state index contributed by atoms with van der Waals surface area (Å²) in [6.45, 7) is 4.45. The minimum Gasteiger partial charge on any atom is -0.368 e. The lowest BCUT2D eigenvalue weighted by molar-refractivity contribution is -0.389. The van der Waals surface area contributed by atoms with Crippen LogP contribution in [0.2, 0.25) is 0 Å². The van der Waals surface area contributed by atoms with E-state index >= 15 is 0 Å². The molecule has 3 rings (SSSR count). The van der Waals surface area contributed by atoms with Crippen molar-refractivity contribution in [2.75, 3.05) is 42.6 Å². The van der Waals surface area contributed by atoms with E-state index < -0.39 is 4.92 Å². The third kappa shape index (κ3) is 3.47. The molecule has 0 atom stereocenters. The van der Waals surface area contributed by atoms with Gasteiger partial charge >= 0.3 is 5.82 Å². The second-order valence-electron chi connectivity index (χ2n) is 5.50. The Hall–Kier alpha value is -1.34. The van der Waals surface area contributed by atoms with Crippen molar-refractivity contribution in [3.63, 3.8) is 0 Å². The first-order chi connectivity index (χ1) is 10.2. The van der Waals surface area contributed by atoms with Crippen LogP contribution in [0.1, 0.15) is 12.8 Å². The summed E-state index contributed by atoms with van der Waals surface area (Å²) in [5.41, 5.74) is 0.994. The van der Waals surface area contributed by atoms with E-state index in [9.17, 15) is 10.1 Å². The van der Waals surface area contributed by atoms with Crippen molar-refractivity contribution in [3.8, 4) is 0 Å². The summed E-state index contributed by atoms with van der Waals surface area (Å²) in [4.78, 5) is 19.0. The van der Waals surface area contributed by atoms with Gasteiger partial charge in [-0.05, 0) is 28.8 Å². The average Bonchev–Trinajstić information content (AvgIpc) is 2.56. The molecule has 2 aliphatic heterocycles. The quantitative estimate of drug-likeness (QED) is 0.629. The lowest BCUT2D eigenvalue weighted by Crippen LogP contribution is -2.47. The highest BCUT2D eigenvalue weighted by molar-refractivity contribution is 7.99. The maximum absolute atomic E-state index is 10.6. The molecule has 0 aliphatic carbocycles. The van der Waals surface area contributed by atoms with E-state index in [0.717, 1.165) is 18.8 Å². The van der Waals surface area contributed by atoms with E-state index in [4.69, 9.17) is 0 Å². The molecule has 21 heavy (non-hydrogen) atoms. The number of aromatic nitrogens is 1. The summed E-state index contributed by atoms with van der Waals surface area (Å²) in [7, 11) is 0. The second kappa shape index (κ2) is 6.62. The molecular weight excluding hydrogens is 288 g/mol. The normalized spacial score (nSPS) is 21.4. The van der Waals surface area contributed by atoms with Gasteiger partial charge in [0.25, 0.3) is 0 Å². The summed E-state index contributed by atoms with van der Waals surface area (Å²) in [5, 5.41) is 10.6. The number of rotatable bonds is 3. The van der Waals surface area contributed by atoms with Gasteiger partial charge in [-0.25, -0.2) is 0 Å². The Labute approximate surface area is 128 Å². The lowest BCUT2D eigenvalue weighted by Gasteiger charge is -2.40. The van der Waals surface area contributed by atoms with E-state index in [1.807, 2.05) is 17.8 Å². The largest absolute Gasteiger partial charge is 0.368 e. The number of hydrogen-bond donors (Lipinski definition) is 0. The van der Waals surface area contributed by atoms with Gasteiger partial charge in [-0.2, -0.15) is 11.8 Å². The predicted molar refractivity (Wildman–Crippen MR) is 85.0 cm³/mol. The molecule has 2 saturated heterocycles. The molecule has 3 heterocycles. The van der Waals surface area contributed by atoms with Gasteiger partial charge in [-0.1, -0.05) is 0 Å². The van der Waals surface area contributed by atoms with Crippen molar-refractivity contribution < 1.29 is 4.92 Å². The number of pyridine rings is 1. The first kappa shape index (κ1) is 14.6. The number of anilines is 1. The Balaban J connectivity index is 1.56. The zero-order chi connectivity index (χ0) is 14.7. The molecule has 1 aromatic heterocycles. The molecule has 0 bridgehead atoms. The summed E-state index contributed by atoms with van der Waals surface area (Å²) in [5.74, 6) is 2.43. The Morgan fingerprint density at radius 3 is 2.48 bits per heavy atom. The van der Waals surface area contributed by atoms with Crippen LogP contribution in [-0.4, -0.2) is 58.5 Å². The number of thioether (sulfide) groups is 1. The SMILES string of the molecule is O=[N+]([O-])c1ccc(N2CCC(N3CCSCC3)CC2)cn1. The molecule has 0 spiro atoms. The number of piperidine rings is 1. The summed E-state index contributed by atoms with van der Waals surface area (Å²) in [6, 6.07) is 4.00. The average molecular weight is 308 g/mol. The Kier molecular flexibility index (Phi) is 4.60. The Bertz CT molecular complexity index is 482. The Morgan fingerprint density at radius 1 is 1.19 bits per heavy atom. The zero-order valence-corrected chi connectivity index (χ0v) is 12.8. The van der Waals surface area contributed by atoms with Crippen molar-refractivity contribution >= 4 is 23.3 Å². The maximum atomic E-state index is 10.6. The van der Waals surface area contributed by atoms with Crippen LogP contribution in [0, 0.1) is 10.1 Å². The molecule has 0 N–H and O–H groups in total. The first-order valence-electron chi connectivity index (χ1n) is 7.41. The third-order valence-corrected chi connectivity index (χ3v) is 5.25. The van der Waals surface area contributed by atoms with Crippen molar-refractivity contribution in [1.29, 1.82) is 0 Å². The van der Waals surface area contributed by atoms with Crippen LogP contribution in [0.25, 0.3) is 0 Å². The molecule has 7 heteroatoms. The highest BCUT2D eigenvalue weighted by Gasteiger charge is 2.26. The van der Waals surface area contributed by atoms with Gasteiger partial charge in [0, 0.05) is 49.8 Å². The van der Waals surface area contributed by atoms with Gasteiger partial charge < -0.3 is 15.0 Å². The van der Waals surface area contributed by atoms with Gasteiger partial charge in [0.1, 0.15) is 0 Å². The fourth-order valence-corrected chi connectivity index (χ4v) is 4.04. The molecule has 0 saturated carbocycles. The van der Waals surface area contributed by atoms with Crippen molar-refractivity contribution in [2.45, 2.75) is 18.9 Å². The molecule has 1 aromatic rings. The monoisotopic (exact) mass is 308 g/mol. The first-order valence-corrected chi connectivity index (χ1v) is 8.57. The van der Waals surface area contributed by atoms with Crippen LogP contribution in [-0.2, 0) is 0 Å². The smallest absolute Gasteiger partial charge is 0.363 e. The minimum atomic E-state index is -0.454. The van der Waals surface area contributed by atoms with E-state index in [1.54, 1.807) is 6.20 Å². The highest BCUT2D eigenvalue weighted by atomic mass is 32.2. The molecule has 6 nitrogen and oxygen atoms in total. The van der Waals surface area contributed by atoms with Crippen molar-refractivity contribution in [3.05, 3.63) is 28.4 Å². The molecular formula is C14H20N4O2S. The van der Waals surface area contributed by atoms with Crippen molar-refractivity contribution in [2.24, 2.45) is 0 Å². The number of hydrogen-bond acceptors (Lipinski definition) is 6. The molecule has 0 amide bonds. The Morgan fingerprint density at radius 2 is 1.90 bits per heavy atom. The third-order valence-electron chi connectivity index (χ3n) is 4.31. The second-order valence-corrected chi connectivity index (χ2v) is 6.72. The van der Waals surface area contributed by atoms with Gasteiger partial charge in [-0.15, -0.1) is 0 Å². The van der Waals surface area contributed by atoms with Crippen molar-refractivity contribution in [1.82, 2.24) is 9.88 Å².